The van der Waals surface area contributed by atoms with Crippen LogP contribution < -0.4 is 0 Å². The third kappa shape index (κ3) is 2.66. The third-order valence-corrected chi connectivity index (χ3v) is 8.92. The molecule has 42 heavy (non-hydrogen) atoms. The van der Waals surface area contributed by atoms with E-state index in [9.17, 15) is 0 Å². The molecule has 0 atom stereocenters. The molecule has 6 aromatic carbocycles. The molecular formula is C38H22N4. The highest BCUT2D eigenvalue weighted by molar-refractivity contribution is 6.37. The van der Waals surface area contributed by atoms with Gasteiger partial charge in [-0.05, 0) is 57.3 Å². The van der Waals surface area contributed by atoms with E-state index in [1.165, 1.54) is 65.6 Å². The second-order valence-corrected chi connectivity index (χ2v) is 11.0. The van der Waals surface area contributed by atoms with Crippen LogP contribution in [-0.4, -0.2) is 18.8 Å². The minimum absolute atomic E-state index is 0.863. The maximum absolute atomic E-state index is 4.92. The average Bonchev–Trinajstić information content (AvgIpc) is 3.60. The van der Waals surface area contributed by atoms with Crippen LogP contribution in [0.5, 0.6) is 0 Å². The number of para-hydroxylation sites is 2. The van der Waals surface area contributed by atoms with E-state index in [0.717, 1.165) is 22.3 Å². The third-order valence-electron chi connectivity index (χ3n) is 8.92. The number of fused-ring (bicyclic) bond motifs is 12. The van der Waals surface area contributed by atoms with Gasteiger partial charge in [0.1, 0.15) is 0 Å². The monoisotopic (exact) mass is 534 g/mol. The van der Waals surface area contributed by atoms with Crippen LogP contribution in [-0.2, 0) is 0 Å². The van der Waals surface area contributed by atoms with Crippen molar-refractivity contribution in [3.05, 3.63) is 134 Å². The maximum atomic E-state index is 4.92. The molecule has 0 unspecified atom stereocenters. The average molecular weight is 535 g/mol. The molecule has 0 saturated carbocycles. The van der Waals surface area contributed by atoms with E-state index in [2.05, 4.69) is 130 Å². The second kappa shape index (κ2) is 7.93. The topological polar surface area (TPSA) is 34.6 Å². The fraction of sp³-hybridized carbons (Fsp3) is 0. The number of hydrogen-bond donors (Lipinski definition) is 0. The predicted molar refractivity (Wildman–Crippen MR) is 174 cm³/mol. The molecular weight excluding hydrogens is 512 g/mol. The van der Waals surface area contributed by atoms with Crippen molar-refractivity contribution < 1.29 is 0 Å². The first kappa shape index (κ1) is 22.0. The first-order valence-corrected chi connectivity index (χ1v) is 14.3. The maximum Gasteiger partial charge on any atom is 0.182 e. The van der Waals surface area contributed by atoms with Gasteiger partial charge in [-0.25, -0.2) is 9.97 Å². The van der Waals surface area contributed by atoms with Gasteiger partial charge < -0.3 is 0 Å². The van der Waals surface area contributed by atoms with Crippen molar-refractivity contribution in [2.75, 3.05) is 0 Å². The summed E-state index contributed by atoms with van der Waals surface area (Å²) in [6.07, 6.45) is 3.60. The van der Waals surface area contributed by atoms with Gasteiger partial charge in [-0.3, -0.25) is 8.80 Å². The summed E-state index contributed by atoms with van der Waals surface area (Å²) < 4.78 is 4.67. The molecule has 4 heteroatoms. The Morgan fingerprint density at radius 3 is 1.26 bits per heavy atom. The van der Waals surface area contributed by atoms with Crippen molar-refractivity contribution in [3.8, 4) is 22.3 Å². The summed E-state index contributed by atoms with van der Waals surface area (Å²) in [7, 11) is 0. The number of nitrogens with zero attached hydrogens (tertiary/aromatic N) is 4. The largest absolute Gasteiger partial charge is 0.288 e. The molecule has 194 valence electrons. The van der Waals surface area contributed by atoms with E-state index in [1.54, 1.807) is 12.4 Å². The van der Waals surface area contributed by atoms with Crippen molar-refractivity contribution in [2.45, 2.75) is 0 Å². The normalized spacial score (nSPS) is 12.3. The highest BCUT2D eigenvalue weighted by Gasteiger charge is 2.26. The van der Waals surface area contributed by atoms with Gasteiger partial charge in [-0.2, -0.15) is 0 Å². The van der Waals surface area contributed by atoms with Gasteiger partial charge in [-0.1, -0.05) is 97.1 Å². The quantitative estimate of drug-likeness (QED) is 0.207. The van der Waals surface area contributed by atoms with E-state index in [0.29, 0.717) is 0 Å². The highest BCUT2D eigenvalue weighted by Crippen LogP contribution is 2.48. The molecule has 0 amide bonds. The predicted octanol–water partition coefficient (Wildman–Crippen LogP) is 9.52. The van der Waals surface area contributed by atoms with Crippen LogP contribution >= 0.6 is 0 Å². The van der Waals surface area contributed by atoms with Crippen molar-refractivity contribution in [1.82, 2.24) is 18.8 Å². The van der Waals surface area contributed by atoms with Gasteiger partial charge >= 0.3 is 0 Å². The van der Waals surface area contributed by atoms with Crippen LogP contribution in [0.2, 0.25) is 0 Å². The number of hydrogen-bond acceptors (Lipinski definition) is 2. The minimum atomic E-state index is 0.863. The molecule has 4 nitrogen and oxygen atoms in total. The number of benzene rings is 6. The molecule has 4 heterocycles. The zero-order chi connectivity index (χ0) is 27.4. The number of aromatic nitrogens is 4. The highest BCUT2D eigenvalue weighted by atomic mass is 15.1. The van der Waals surface area contributed by atoms with Crippen LogP contribution in [0.4, 0.5) is 0 Å². The van der Waals surface area contributed by atoms with Crippen molar-refractivity contribution >= 4 is 65.7 Å². The molecule has 0 aliphatic heterocycles. The Morgan fingerprint density at radius 1 is 0.405 bits per heavy atom. The van der Waals surface area contributed by atoms with Gasteiger partial charge in [0.05, 0.1) is 22.1 Å². The lowest BCUT2D eigenvalue weighted by Crippen LogP contribution is -2.01. The van der Waals surface area contributed by atoms with Crippen LogP contribution in [0.1, 0.15) is 0 Å². The van der Waals surface area contributed by atoms with E-state index < -0.39 is 0 Å². The lowest BCUT2D eigenvalue weighted by Gasteiger charge is -2.16. The SMILES string of the molecule is c1ccc(-c2cc3c(cc2-c2ccccc2)c2c4ccccc4n4c5nccnc5n5c6ccccc6c3c5c24)cc1. The molecule has 0 aliphatic rings. The zero-order valence-corrected chi connectivity index (χ0v) is 22.5. The van der Waals surface area contributed by atoms with Crippen molar-refractivity contribution in [1.29, 1.82) is 0 Å². The Hall–Kier alpha value is -5.74. The Morgan fingerprint density at radius 2 is 0.810 bits per heavy atom. The smallest absolute Gasteiger partial charge is 0.182 e. The van der Waals surface area contributed by atoms with Gasteiger partial charge in [0.25, 0.3) is 0 Å². The molecule has 4 aromatic heterocycles. The fourth-order valence-electron chi connectivity index (χ4n) is 7.28. The fourth-order valence-corrected chi connectivity index (χ4v) is 7.28. The lowest BCUT2D eigenvalue weighted by atomic mass is 9.88. The van der Waals surface area contributed by atoms with Crippen molar-refractivity contribution in [2.24, 2.45) is 0 Å². The summed E-state index contributed by atoms with van der Waals surface area (Å²) in [5.74, 6) is 0. The van der Waals surface area contributed by atoms with E-state index in [4.69, 9.17) is 9.97 Å². The van der Waals surface area contributed by atoms with E-state index in [-0.39, 0.29) is 0 Å². The molecule has 0 radical (unpaired) electrons. The summed E-state index contributed by atoms with van der Waals surface area (Å²) in [4.78, 5) is 9.84. The first-order chi connectivity index (χ1) is 20.9. The van der Waals surface area contributed by atoms with Crippen LogP contribution in [0.25, 0.3) is 87.9 Å². The summed E-state index contributed by atoms with van der Waals surface area (Å²) >= 11 is 0. The van der Waals surface area contributed by atoms with Gasteiger partial charge in [0.2, 0.25) is 0 Å². The number of rotatable bonds is 2. The molecule has 0 fully saturated rings. The molecule has 10 aromatic rings. The minimum Gasteiger partial charge on any atom is -0.288 e. The zero-order valence-electron chi connectivity index (χ0n) is 22.5. The van der Waals surface area contributed by atoms with Crippen molar-refractivity contribution in [3.63, 3.8) is 0 Å². The second-order valence-electron chi connectivity index (χ2n) is 11.0. The van der Waals surface area contributed by atoms with Gasteiger partial charge in [0.15, 0.2) is 11.3 Å². The van der Waals surface area contributed by atoms with Crippen LogP contribution in [0.3, 0.4) is 0 Å². The summed E-state index contributed by atoms with van der Waals surface area (Å²) in [5.41, 5.74) is 11.3. The first-order valence-electron chi connectivity index (χ1n) is 14.3. The summed E-state index contributed by atoms with van der Waals surface area (Å²) in [6.45, 7) is 0. The van der Waals surface area contributed by atoms with Gasteiger partial charge in [0, 0.05) is 33.9 Å². The molecule has 0 bridgehead atoms. The summed E-state index contributed by atoms with van der Waals surface area (Å²) in [5, 5.41) is 7.46. The Kier molecular flexibility index (Phi) is 4.15. The molecule has 0 spiro atoms. The lowest BCUT2D eigenvalue weighted by molar-refractivity contribution is 1.13. The van der Waals surface area contributed by atoms with Crippen LogP contribution in [0, 0.1) is 0 Å². The molecule has 0 N–H and O–H groups in total. The Bertz CT molecular complexity index is 2480. The molecule has 10 rings (SSSR count). The Balaban J connectivity index is 1.57. The Labute approximate surface area is 240 Å². The van der Waals surface area contributed by atoms with Gasteiger partial charge in [-0.15, -0.1) is 0 Å². The standard InChI is InChI=1S/C38H22N4/c1-3-11-23(12-4-1)27-21-29-30(22-28(27)24-13-5-2-6-14-24)34-26-16-8-10-18-32(26)42-36(34)35-33(29)25-15-7-9-17-31(25)41(35)37-38(42)40-20-19-39-37/h1-22H. The van der Waals surface area contributed by atoms with E-state index >= 15 is 0 Å². The molecule has 0 saturated heterocycles. The van der Waals surface area contributed by atoms with E-state index in [1.807, 2.05) is 0 Å². The molecule has 0 aliphatic carbocycles. The summed E-state index contributed by atoms with van der Waals surface area (Å²) in [6, 6.07) is 43.8. The van der Waals surface area contributed by atoms with Crippen LogP contribution in [0.15, 0.2) is 134 Å².